The summed E-state index contributed by atoms with van der Waals surface area (Å²) < 4.78 is 10.8. The third-order valence-corrected chi connectivity index (χ3v) is 4.09. The van der Waals surface area contributed by atoms with Gasteiger partial charge in [-0.15, -0.1) is 5.10 Å². The van der Waals surface area contributed by atoms with Crippen molar-refractivity contribution in [2.24, 2.45) is 10.2 Å². The number of rotatable bonds is 3. The van der Waals surface area contributed by atoms with Crippen molar-refractivity contribution in [2.45, 2.75) is 13.3 Å². The van der Waals surface area contributed by atoms with Gasteiger partial charge < -0.3 is 9.47 Å². The highest BCUT2D eigenvalue weighted by Crippen LogP contribution is 2.34. The van der Waals surface area contributed by atoms with Crippen molar-refractivity contribution >= 4 is 23.0 Å². The molecule has 0 atom stereocenters. The Balaban J connectivity index is 2.25. The van der Waals surface area contributed by atoms with E-state index < -0.39 is 0 Å². The van der Waals surface area contributed by atoms with Gasteiger partial charge in [-0.1, -0.05) is 29.8 Å². The molecule has 1 aliphatic rings. The Hall–Kier alpha value is -2.33. The standard InChI is InChI=1S/C18H17ClN2O2/c1-11-8-12-9-16(22-2)17(23-3)10-14(12)18(21-20-11)13-6-4-5-7-15(13)19/h4-7,9-10H,8H2,1-3H3. The van der Waals surface area contributed by atoms with Crippen LogP contribution in [0.2, 0.25) is 5.02 Å². The fourth-order valence-corrected chi connectivity index (χ4v) is 2.87. The summed E-state index contributed by atoms with van der Waals surface area (Å²) in [7, 11) is 3.25. The second kappa shape index (κ2) is 6.42. The summed E-state index contributed by atoms with van der Waals surface area (Å²) in [4.78, 5) is 0. The number of hydrogen-bond donors (Lipinski definition) is 0. The number of halogens is 1. The maximum atomic E-state index is 6.36. The van der Waals surface area contributed by atoms with Crippen LogP contribution in [-0.2, 0) is 6.42 Å². The fraction of sp³-hybridized carbons (Fsp3) is 0.222. The molecule has 0 aromatic heterocycles. The second-order valence-electron chi connectivity index (χ2n) is 5.30. The highest BCUT2D eigenvalue weighted by Gasteiger charge is 2.21. The summed E-state index contributed by atoms with van der Waals surface area (Å²) in [5.74, 6) is 1.35. The summed E-state index contributed by atoms with van der Waals surface area (Å²) >= 11 is 6.36. The lowest BCUT2D eigenvalue weighted by atomic mass is 9.94. The molecule has 0 fully saturated rings. The van der Waals surface area contributed by atoms with Gasteiger partial charge in [-0.3, -0.25) is 0 Å². The Bertz CT molecular complexity index is 813. The molecule has 2 aromatic rings. The number of benzene rings is 2. The molecule has 0 unspecified atom stereocenters. The number of hydrogen-bond acceptors (Lipinski definition) is 4. The van der Waals surface area contributed by atoms with Crippen LogP contribution in [0, 0.1) is 0 Å². The summed E-state index contributed by atoms with van der Waals surface area (Å²) in [6.07, 6.45) is 0.702. The predicted molar refractivity (Wildman–Crippen MR) is 93.5 cm³/mol. The Labute approximate surface area is 140 Å². The molecule has 3 rings (SSSR count). The van der Waals surface area contributed by atoms with Gasteiger partial charge >= 0.3 is 0 Å². The molecule has 23 heavy (non-hydrogen) atoms. The first-order chi connectivity index (χ1) is 11.1. The molecule has 2 aromatic carbocycles. The van der Waals surface area contributed by atoms with E-state index in [2.05, 4.69) is 10.2 Å². The lowest BCUT2D eigenvalue weighted by molar-refractivity contribution is 0.354. The van der Waals surface area contributed by atoms with E-state index >= 15 is 0 Å². The average molecular weight is 329 g/mol. The molecule has 0 aliphatic carbocycles. The van der Waals surface area contributed by atoms with Crippen LogP contribution in [0.3, 0.4) is 0 Å². The highest BCUT2D eigenvalue weighted by molar-refractivity contribution is 6.35. The van der Waals surface area contributed by atoms with Gasteiger partial charge in [0.1, 0.15) is 5.71 Å². The van der Waals surface area contributed by atoms with E-state index in [0.29, 0.717) is 22.9 Å². The Kier molecular flexibility index (Phi) is 4.35. The molecule has 0 N–H and O–H groups in total. The Morgan fingerprint density at radius 1 is 0.957 bits per heavy atom. The van der Waals surface area contributed by atoms with Crippen molar-refractivity contribution in [1.29, 1.82) is 0 Å². The zero-order valence-corrected chi connectivity index (χ0v) is 14.0. The normalized spacial score (nSPS) is 13.6. The molecule has 5 heteroatoms. The van der Waals surface area contributed by atoms with Crippen LogP contribution in [0.1, 0.15) is 23.6 Å². The van der Waals surface area contributed by atoms with Gasteiger partial charge in [0.05, 0.1) is 19.2 Å². The van der Waals surface area contributed by atoms with Gasteiger partial charge in [-0.2, -0.15) is 5.10 Å². The first-order valence-corrected chi connectivity index (χ1v) is 7.63. The van der Waals surface area contributed by atoms with Gasteiger partial charge in [0.2, 0.25) is 0 Å². The van der Waals surface area contributed by atoms with E-state index in [4.69, 9.17) is 21.1 Å². The Morgan fingerprint density at radius 2 is 1.65 bits per heavy atom. The molecule has 1 aliphatic heterocycles. The Morgan fingerprint density at radius 3 is 2.35 bits per heavy atom. The molecule has 0 saturated heterocycles. The summed E-state index contributed by atoms with van der Waals surface area (Å²) in [6.45, 7) is 1.96. The van der Waals surface area contributed by atoms with Crippen molar-refractivity contribution in [1.82, 2.24) is 0 Å². The van der Waals surface area contributed by atoms with Crippen molar-refractivity contribution in [3.8, 4) is 11.5 Å². The minimum absolute atomic E-state index is 0.640. The molecule has 0 saturated carbocycles. The zero-order valence-electron chi connectivity index (χ0n) is 13.3. The number of nitrogens with zero attached hydrogens (tertiary/aromatic N) is 2. The van der Waals surface area contributed by atoms with E-state index in [1.807, 2.05) is 43.3 Å². The number of methoxy groups -OCH3 is 2. The molecule has 0 bridgehead atoms. The lowest BCUT2D eigenvalue weighted by Gasteiger charge is -2.15. The second-order valence-corrected chi connectivity index (χ2v) is 5.71. The fourth-order valence-electron chi connectivity index (χ4n) is 2.64. The first-order valence-electron chi connectivity index (χ1n) is 7.25. The highest BCUT2D eigenvalue weighted by atomic mass is 35.5. The van der Waals surface area contributed by atoms with Gasteiger partial charge in [-0.05, 0) is 30.7 Å². The van der Waals surface area contributed by atoms with Crippen molar-refractivity contribution in [2.75, 3.05) is 14.2 Å². The minimum atomic E-state index is 0.640. The van der Waals surface area contributed by atoms with Crippen LogP contribution in [-0.4, -0.2) is 25.6 Å². The zero-order chi connectivity index (χ0) is 16.4. The molecule has 4 nitrogen and oxygen atoms in total. The third kappa shape index (κ3) is 2.94. The van der Waals surface area contributed by atoms with Gasteiger partial charge in [0.15, 0.2) is 11.5 Å². The number of ether oxygens (including phenoxy) is 2. The average Bonchev–Trinajstić information content (AvgIpc) is 2.72. The van der Waals surface area contributed by atoms with Gasteiger partial charge in [-0.25, -0.2) is 0 Å². The van der Waals surface area contributed by atoms with Crippen LogP contribution >= 0.6 is 11.6 Å². The maximum absolute atomic E-state index is 6.36. The van der Waals surface area contributed by atoms with E-state index in [1.54, 1.807) is 14.2 Å². The summed E-state index contributed by atoms with van der Waals surface area (Å²) in [6, 6.07) is 11.5. The first kappa shape index (κ1) is 15.6. The largest absolute Gasteiger partial charge is 0.493 e. The van der Waals surface area contributed by atoms with Crippen molar-refractivity contribution in [3.63, 3.8) is 0 Å². The SMILES string of the molecule is COc1cc2c(cc1OC)C(c1ccccc1Cl)=NN=C(C)C2. The molecule has 118 valence electrons. The smallest absolute Gasteiger partial charge is 0.161 e. The lowest BCUT2D eigenvalue weighted by Crippen LogP contribution is -2.08. The van der Waals surface area contributed by atoms with Gasteiger partial charge in [0.25, 0.3) is 0 Å². The minimum Gasteiger partial charge on any atom is -0.493 e. The van der Waals surface area contributed by atoms with Crippen LogP contribution in [0.5, 0.6) is 11.5 Å². The van der Waals surface area contributed by atoms with E-state index in [9.17, 15) is 0 Å². The number of fused-ring (bicyclic) bond motifs is 1. The monoisotopic (exact) mass is 328 g/mol. The van der Waals surface area contributed by atoms with E-state index in [-0.39, 0.29) is 0 Å². The predicted octanol–water partition coefficient (Wildman–Crippen LogP) is 4.13. The van der Waals surface area contributed by atoms with Crippen LogP contribution in [0.4, 0.5) is 0 Å². The maximum Gasteiger partial charge on any atom is 0.161 e. The third-order valence-electron chi connectivity index (χ3n) is 3.76. The van der Waals surface area contributed by atoms with E-state index in [0.717, 1.165) is 28.1 Å². The molecular weight excluding hydrogens is 312 g/mol. The van der Waals surface area contributed by atoms with Crippen molar-refractivity contribution < 1.29 is 9.47 Å². The molecular formula is C18H17ClN2O2. The van der Waals surface area contributed by atoms with Crippen LogP contribution in [0.25, 0.3) is 0 Å². The van der Waals surface area contributed by atoms with Crippen LogP contribution in [0.15, 0.2) is 46.6 Å². The molecule has 0 spiro atoms. The van der Waals surface area contributed by atoms with E-state index in [1.165, 1.54) is 0 Å². The molecule has 0 radical (unpaired) electrons. The van der Waals surface area contributed by atoms with Crippen molar-refractivity contribution in [3.05, 3.63) is 58.1 Å². The quantitative estimate of drug-likeness (QED) is 0.850. The summed E-state index contributed by atoms with van der Waals surface area (Å²) in [5.41, 5.74) is 4.56. The van der Waals surface area contributed by atoms with Gasteiger partial charge in [0, 0.05) is 23.3 Å². The molecule has 0 amide bonds. The summed E-state index contributed by atoms with van der Waals surface area (Å²) in [5, 5.41) is 9.38. The molecule has 1 heterocycles. The van der Waals surface area contributed by atoms with Crippen LogP contribution < -0.4 is 9.47 Å². The topological polar surface area (TPSA) is 43.2 Å².